The van der Waals surface area contributed by atoms with E-state index in [0.29, 0.717) is 6.61 Å². The summed E-state index contributed by atoms with van der Waals surface area (Å²) in [6, 6.07) is 0. The molecule has 0 bridgehead atoms. The van der Waals surface area contributed by atoms with Gasteiger partial charge in [0.15, 0.2) is 10.8 Å². The Hall–Kier alpha value is -1.51. The number of nitrogens with zero attached hydrogens (tertiary/aromatic N) is 5. The van der Waals surface area contributed by atoms with E-state index in [1.54, 1.807) is 29.8 Å². The summed E-state index contributed by atoms with van der Waals surface area (Å²) < 4.78 is 8.20. The van der Waals surface area contributed by atoms with Crippen molar-refractivity contribution in [2.45, 2.75) is 13.5 Å². The molecule has 0 fully saturated rings. The minimum atomic E-state index is 0.665. The van der Waals surface area contributed by atoms with E-state index in [2.05, 4.69) is 15.0 Å². The van der Waals surface area contributed by atoms with Crippen molar-refractivity contribution in [1.29, 1.82) is 0 Å². The van der Waals surface area contributed by atoms with Gasteiger partial charge in [-0.1, -0.05) is 11.3 Å². The van der Waals surface area contributed by atoms with Crippen molar-refractivity contribution in [1.82, 2.24) is 19.7 Å². The SMILES string of the molecule is COCCN(Cc1nccs1)c1nc2c(s1)c(C)nn2C. The molecule has 8 heteroatoms. The molecule has 0 spiro atoms. The first-order valence-corrected chi connectivity index (χ1v) is 8.31. The van der Waals surface area contributed by atoms with Gasteiger partial charge in [0.2, 0.25) is 0 Å². The molecule has 3 rings (SSSR count). The number of hydrogen-bond donors (Lipinski definition) is 0. The van der Waals surface area contributed by atoms with Crippen LogP contribution in [0.25, 0.3) is 10.3 Å². The van der Waals surface area contributed by atoms with E-state index in [1.807, 2.05) is 30.2 Å². The molecule has 0 unspecified atom stereocenters. The molecule has 3 aromatic heterocycles. The summed E-state index contributed by atoms with van der Waals surface area (Å²) in [5.74, 6) is 0. The number of fused-ring (bicyclic) bond motifs is 1. The van der Waals surface area contributed by atoms with E-state index in [9.17, 15) is 0 Å². The first kappa shape index (κ1) is 14.4. The second-order valence-electron chi connectivity index (χ2n) is 4.70. The minimum Gasteiger partial charge on any atom is -0.383 e. The van der Waals surface area contributed by atoms with Crippen LogP contribution in [0.5, 0.6) is 0 Å². The van der Waals surface area contributed by atoms with Gasteiger partial charge in [-0.25, -0.2) is 14.6 Å². The number of ether oxygens (including phenoxy) is 1. The number of aryl methyl sites for hydroxylation is 2. The van der Waals surface area contributed by atoms with Gasteiger partial charge in [0.05, 0.1) is 23.5 Å². The van der Waals surface area contributed by atoms with Crippen molar-refractivity contribution in [3.63, 3.8) is 0 Å². The molecule has 0 saturated carbocycles. The van der Waals surface area contributed by atoms with Gasteiger partial charge in [0.25, 0.3) is 0 Å². The lowest BCUT2D eigenvalue weighted by Gasteiger charge is -2.19. The van der Waals surface area contributed by atoms with Crippen LogP contribution in [0, 0.1) is 6.92 Å². The first-order valence-electron chi connectivity index (χ1n) is 6.61. The summed E-state index contributed by atoms with van der Waals surface area (Å²) >= 11 is 3.34. The number of rotatable bonds is 6. The predicted molar refractivity (Wildman–Crippen MR) is 86.2 cm³/mol. The van der Waals surface area contributed by atoms with Gasteiger partial charge in [0, 0.05) is 32.3 Å². The molecular weight excluding hydrogens is 306 g/mol. The van der Waals surface area contributed by atoms with E-state index in [1.165, 1.54) is 0 Å². The molecule has 0 radical (unpaired) electrons. The van der Waals surface area contributed by atoms with Gasteiger partial charge < -0.3 is 9.64 Å². The highest BCUT2D eigenvalue weighted by Crippen LogP contribution is 2.31. The van der Waals surface area contributed by atoms with Gasteiger partial charge >= 0.3 is 0 Å². The molecule has 112 valence electrons. The molecule has 0 aliphatic rings. The molecule has 3 heterocycles. The first-order chi connectivity index (χ1) is 10.2. The van der Waals surface area contributed by atoms with E-state index in [4.69, 9.17) is 9.72 Å². The Bertz CT molecular complexity index is 684. The molecular formula is C13H17N5OS2. The Morgan fingerprint density at radius 2 is 2.29 bits per heavy atom. The van der Waals surface area contributed by atoms with Gasteiger partial charge in [-0.05, 0) is 6.92 Å². The molecule has 0 aliphatic carbocycles. The number of thiazole rings is 2. The van der Waals surface area contributed by atoms with Gasteiger partial charge in [-0.3, -0.25) is 0 Å². The average Bonchev–Trinajstić information content (AvgIpc) is 3.15. The van der Waals surface area contributed by atoms with E-state index >= 15 is 0 Å². The minimum absolute atomic E-state index is 0.665. The van der Waals surface area contributed by atoms with Crippen molar-refractivity contribution in [3.8, 4) is 0 Å². The summed E-state index contributed by atoms with van der Waals surface area (Å²) in [6.45, 7) is 4.23. The Morgan fingerprint density at radius 1 is 1.43 bits per heavy atom. The Kier molecular flexibility index (Phi) is 4.18. The van der Waals surface area contributed by atoms with Gasteiger partial charge in [0.1, 0.15) is 5.01 Å². The second-order valence-corrected chi connectivity index (χ2v) is 6.66. The summed E-state index contributed by atoms with van der Waals surface area (Å²) in [4.78, 5) is 11.3. The quantitative estimate of drug-likeness (QED) is 0.697. The fourth-order valence-corrected chi connectivity index (χ4v) is 3.84. The normalized spacial score (nSPS) is 11.4. The monoisotopic (exact) mass is 323 g/mol. The van der Waals surface area contributed by atoms with Crippen molar-refractivity contribution in [2.24, 2.45) is 7.05 Å². The zero-order chi connectivity index (χ0) is 14.8. The van der Waals surface area contributed by atoms with Crippen molar-refractivity contribution in [3.05, 3.63) is 22.3 Å². The fourth-order valence-electron chi connectivity index (χ4n) is 2.15. The lowest BCUT2D eigenvalue weighted by molar-refractivity contribution is 0.205. The van der Waals surface area contributed by atoms with Crippen LogP contribution < -0.4 is 4.90 Å². The number of hydrogen-bond acceptors (Lipinski definition) is 7. The third-order valence-electron chi connectivity index (χ3n) is 3.18. The smallest absolute Gasteiger partial charge is 0.188 e. The largest absolute Gasteiger partial charge is 0.383 e. The molecule has 0 N–H and O–H groups in total. The van der Waals surface area contributed by atoms with Crippen LogP contribution in [-0.4, -0.2) is 40.0 Å². The lowest BCUT2D eigenvalue weighted by Crippen LogP contribution is -2.26. The van der Waals surface area contributed by atoms with Crippen LogP contribution in [-0.2, 0) is 18.3 Å². The van der Waals surface area contributed by atoms with Crippen LogP contribution in [0.4, 0.5) is 5.13 Å². The topological polar surface area (TPSA) is 56.1 Å². The molecule has 0 atom stereocenters. The lowest BCUT2D eigenvalue weighted by atomic mass is 10.5. The van der Waals surface area contributed by atoms with E-state index in [-0.39, 0.29) is 0 Å². The standard InChI is InChI=1S/C13H17N5OS2/c1-9-11-12(17(2)16-9)15-13(21-11)18(5-6-19-3)8-10-14-4-7-20-10/h4,7H,5-6,8H2,1-3H3. The second kappa shape index (κ2) is 6.08. The summed E-state index contributed by atoms with van der Waals surface area (Å²) in [7, 11) is 3.65. The van der Waals surface area contributed by atoms with Gasteiger partial charge in [-0.15, -0.1) is 11.3 Å². The van der Waals surface area contributed by atoms with Crippen LogP contribution in [0.15, 0.2) is 11.6 Å². The summed E-state index contributed by atoms with van der Waals surface area (Å²) in [5.41, 5.74) is 1.96. The van der Waals surface area contributed by atoms with Crippen molar-refractivity contribution < 1.29 is 4.74 Å². The molecule has 0 aromatic carbocycles. The highest BCUT2D eigenvalue weighted by atomic mass is 32.1. The molecule has 6 nitrogen and oxygen atoms in total. The Morgan fingerprint density at radius 3 is 2.95 bits per heavy atom. The van der Waals surface area contributed by atoms with Crippen LogP contribution >= 0.6 is 22.7 Å². The highest BCUT2D eigenvalue weighted by molar-refractivity contribution is 7.22. The van der Waals surface area contributed by atoms with Crippen molar-refractivity contribution >= 4 is 38.2 Å². The number of aromatic nitrogens is 4. The molecule has 0 aliphatic heterocycles. The Labute approximate surface area is 131 Å². The predicted octanol–water partition coefficient (Wildman–Crippen LogP) is 2.45. The summed E-state index contributed by atoms with van der Waals surface area (Å²) in [6.07, 6.45) is 1.83. The molecule has 0 saturated heterocycles. The highest BCUT2D eigenvalue weighted by Gasteiger charge is 2.17. The van der Waals surface area contributed by atoms with E-state index < -0.39 is 0 Å². The van der Waals surface area contributed by atoms with Crippen LogP contribution in [0.3, 0.4) is 0 Å². The number of methoxy groups -OCH3 is 1. The maximum Gasteiger partial charge on any atom is 0.188 e. The maximum atomic E-state index is 5.22. The third kappa shape index (κ3) is 2.92. The molecule has 3 aromatic rings. The fraction of sp³-hybridized carbons (Fsp3) is 0.462. The van der Waals surface area contributed by atoms with Gasteiger partial charge in [-0.2, -0.15) is 5.10 Å². The summed E-state index contributed by atoms with van der Waals surface area (Å²) in [5, 5.41) is 8.47. The van der Waals surface area contributed by atoms with Crippen LogP contribution in [0.1, 0.15) is 10.7 Å². The average molecular weight is 323 g/mol. The zero-order valence-electron chi connectivity index (χ0n) is 12.2. The third-order valence-corrected chi connectivity index (χ3v) is 5.16. The van der Waals surface area contributed by atoms with E-state index in [0.717, 1.165) is 39.3 Å². The zero-order valence-corrected chi connectivity index (χ0v) is 13.9. The Balaban J connectivity index is 1.91. The number of anilines is 1. The molecule has 0 amide bonds. The maximum absolute atomic E-state index is 5.22. The van der Waals surface area contributed by atoms with Crippen LogP contribution in [0.2, 0.25) is 0 Å². The van der Waals surface area contributed by atoms with Crippen molar-refractivity contribution in [2.75, 3.05) is 25.2 Å². The molecule has 21 heavy (non-hydrogen) atoms.